The van der Waals surface area contributed by atoms with Crippen LogP contribution in [0.3, 0.4) is 0 Å². The van der Waals surface area contributed by atoms with Gasteiger partial charge in [-0.1, -0.05) is 6.92 Å². The first-order valence-corrected chi connectivity index (χ1v) is 3.99. The number of hydrogen-bond acceptors (Lipinski definition) is 2. The van der Waals surface area contributed by atoms with Crippen molar-refractivity contribution in [2.75, 3.05) is 13.6 Å². The zero-order valence-electron chi connectivity index (χ0n) is 7.04. The summed E-state index contributed by atoms with van der Waals surface area (Å²) in [5.74, 6) is 0.649. The zero-order valence-corrected chi connectivity index (χ0v) is 7.04. The van der Waals surface area contributed by atoms with E-state index in [2.05, 4.69) is 25.8 Å². The molecule has 0 aromatic heterocycles. The van der Waals surface area contributed by atoms with Crippen LogP contribution < -0.4 is 0 Å². The van der Waals surface area contributed by atoms with Crippen molar-refractivity contribution in [2.24, 2.45) is 5.92 Å². The summed E-state index contributed by atoms with van der Waals surface area (Å²) in [6.07, 6.45) is 0.847. The van der Waals surface area contributed by atoms with Gasteiger partial charge in [0, 0.05) is 12.6 Å². The zero-order chi connectivity index (χ0) is 7.72. The van der Waals surface area contributed by atoms with Crippen LogP contribution in [0.2, 0.25) is 0 Å². The molecule has 0 spiro atoms. The van der Waals surface area contributed by atoms with Gasteiger partial charge in [-0.25, -0.2) is 0 Å². The fourth-order valence-electron chi connectivity index (χ4n) is 1.64. The number of rotatable bonds is 0. The Morgan fingerprint density at radius 3 is 2.50 bits per heavy atom. The summed E-state index contributed by atoms with van der Waals surface area (Å²) in [6, 6.07) is 0.344. The van der Waals surface area contributed by atoms with Crippen molar-refractivity contribution in [3.8, 4) is 0 Å². The van der Waals surface area contributed by atoms with E-state index in [1.807, 2.05) is 0 Å². The third-order valence-electron chi connectivity index (χ3n) is 2.50. The first-order chi connectivity index (χ1) is 4.61. The molecule has 0 unspecified atom stereocenters. The van der Waals surface area contributed by atoms with Crippen molar-refractivity contribution in [1.29, 1.82) is 0 Å². The van der Waals surface area contributed by atoms with Gasteiger partial charge in [-0.2, -0.15) is 0 Å². The first kappa shape index (κ1) is 8.02. The highest BCUT2D eigenvalue weighted by Gasteiger charge is 2.27. The summed E-state index contributed by atoms with van der Waals surface area (Å²) in [6.45, 7) is 5.39. The molecule has 0 bridgehead atoms. The van der Waals surface area contributed by atoms with Gasteiger partial charge < -0.3 is 10.0 Å². The van der Waals surface area contributed by atoms with Gasteiger partial charge in [0.2, 0.25) is 0 Å². The fraction of sp³-hybridized carbons (Fsp3) is 1.00. The van der Waals surface area contributed by atoms with Gasteiger partial charge in [0.05, 0.1) is 6.10 Å². The van der Waals surface area contributed by atoms with Gasteiger partial charge in [-0.15, -0.1) is 0 Å². The van der Waals surface area contributed by atoms with Crippen LogP contribution in [0.1, 0.15) is 20.3 Å². The molecule has 10 heavy (non-hydrogen) atoms. The minimum Gasteiger partial charge on any atom is -0.391 e. The maximum Gasteiger partial charge on any atom is 0.0695 e. The van der Waals surface area contributed by atoms with E-state index in [9.17, 15) is 5.11 Å². The van der Waals surface area contributed by atoms with Crippen molar-refractivity contribution in [1.82, 2.24) is 4.90 Å². The second kappa shape index (κ2) is 2.89. The fourth-order valence-corrected chi connectivity index (χ4v) is 1.64. The monoisotopic (exact) mass is 143 g/mol. The summed E-state index contributed by atoms with van der Waals surface area (Å²) in [5, 5.41) is 9.48. The first-order valence-electron chi connectivity index (χ1n) is 3.99. The molecule has 1 fully saturated rings. The standard InChI is InChI=1S/C8H17NO/c1-6-4-8(10)7(2)9(3)5-6/h6-8,10H,4-5H2,1-3H3/t6-,7-,8-/m0/s1. The summed E-state index contributed by atoms with van der Waals surface area (Å²) < 4.78 is 0. The van der Waals surface area contributed by atoms with Gasteiger partial charge in [-0.05, 0) is 26.3 Å². The van der Waals surface area contributed by atoms with Gasteiger partial charge in [0.25, 0.3) is 0 Å². The summed E-state index contributed by atoms with van der Waals surface area (Å²) >= 11 is 0. The average Bonchev–Trinajstić information content (AvgIpc) is 1.82. The van der Waals surface area contributed by atoms with Crippen LogP contribution in [0.15, 0.2) is 0 Å². The highest BCUT2D eigenvalue weighted by atomic mass is 16.3. The highest BCUT2D eigenvalue weighted by molar-refractivity contribution is 4.81. The van der Waals surface area contributed by atoms with Crippen molar-refractivity contribution >= 4 is 0 Å². The van der Waals surface area contributed by atoms with E-state index in [0.717, 1.165) is 13.0 Å². The molecule has 0 amide bonds. The molecular weight excluding hydrogens is 126 g/mol. The van der Waals surface area contributed by atoms with E-state index in [1.165, 1.54) is 0 Å². The molecule has 1 aliphatic heterocycles. The van der Waals surface area contributed by atoms with Crippen LogP contribution in [0.25, 0.3) is 0 Å². The third kappa shape index (κ3) is 1.50. The Bertz CT molecular complexity index is 104. The molecule has 1 aliphatic rings. The van der Waals surface area contributed by atoms with E-state index in [0.29, 0.717) is 12.0 Å². The van der Waals surface area contributed by atoms with Crippen molar-refractivity contribution in [3.63, 3.8) is 0 Å². The van der Waals surface area contributed by atoms with E-state index < -0.39 is 0 Å². The average molecular weight is 143 g/mol. The maximum absolute atomic E-state index is 9.48. The van der Waals surface area contributed by atoms with Gasteiger partial charge in [0.1, 0.15) is 0 Å². The molecule has 2 nitrogen and oxygen atoms in total. The van der Waals surface area contributed by atoms with E-state index in [4.69, 9.17) is 0 Å². The van der Waals surface area contributed by atoms with E-state index >= 15 is 0 Å². The number of aliphatic hydroxyl groups excluding tert-OH is 1. The third-order valence-corrected chi connectivity index (χ3v) is 2.50. The number of piperidine rings is 1. The van der Waals surface area contributed by atoms with Crippen LogP contribution in [-0.4, -0.2) is 35.7 Å². The second-order valence-corrected chi connectivity index (χ2v) is 3.59. The Morgan fingerprint density at radius 1 is 1.40 bits per heavy atom. The number of aliphatic hydroxyl groups is 1. The predicted octanol–water partition coefficient (Wildman–Crippen LogP) is 0.707. The number of hydrogen-bond donors (Lipinski definition) is 1. The normalized spacial score (nSPS) is 43.8. The Kier molecular flexibility index (Phi) is 2.32. The van der Waals surface area contributed by atoms with Crippen molar-refractivity contribution < 1.29 is 5.11 Å². The molecule has 0 aliphatic carbocycles. The van der Waals surface area contributed by atoms with Crippen LogP contribution in [0, 0.1) is 5.92 Å². The smallest absolute Gasteiger partial charge is 0.0695 e. The molecule has 0 radical (unpaired) electrons. The summed E-state index contributed by atoms with van der Waals surface area (Å²) in [4.78, 5) is 2.22. The number of likely N-dealkylation sites (N-methyl/N-ethyl adjacent to an activating group) is 1. The molecule has 0 aromatic carbocycles. The highest BCUT2D eigenvalue weighted by Crippen LogP contribution is 2.19. The SMILES string of the molecule is C[C@H]1C[C@H](O)[C@H](C)N(C)C1. The Balaban J connectivity index is 2.49. The predicted molar refractivity (Wildman–Crippen MR) is 41.9 cm³/mol. The topological polar surface area (TPSA) is 23.5 Å². The molecule has 3 atom stereocenters. The van der Waals surface area contributed by atoms with Gasteiger partial charge in [-0.3, -0.25) is 0 Å². The number of nitrogens with zero attached hydrogens (tertiary/aromatic N) is 1. The quantitative estimate of drug-likeness (QED) is 0.540. The molecular formula is C8H17NO. The minimum absolute atomic E-state index is 0.117. The van der Waals surface area contributed by atoms with Crippen LogP contribution in [-0.2, 0) is 0 Å². The Hall–Kier alpha value is -0.0800. The van der Waals surface area contributed by atoms with Crippen LogP contribution in [0.4, 0.5) is 0 Å². The van der Waals surface area contributed by atoms with Gasteiger partial charge in [0.15, 0.2) is 0 Å². The number of likely N-dealkylation sites (tertiary alicyclic amines) is 1. The molecule has 1 N–H and O–H groups in total. The van der Waals surface area contributed by atoms with Crippen molar-refractivity contribution in [3.05, 3.63) is 0 Å². The molecule has 60 valence electrons. The lowest BCUT2D eigenvalue weighted by Gasteiger charge is -2.37. The maximum atomic E-state index is 9.48. The lowest BCUT2D eigenvalue weighted by Crippen LogP contribution is -2.47. The molecule has 1 saturated heterocycles. The Morgan fingerprint density at radius 2 is 2.00 bits per heavy atom. The second-order valence-electron chi connectivity index (χ2n) is 3.59. The molecule has 2 heteroatoms. The van der Waals surface area contributed by atoms with Crippen LogP contribution in [0.5, 0.6) is 0 Å². The molecule has 0 aromatic rings. The Labute approximate surface area is 62.8 Å². The lowest BCUT2D eigenvalue weighted by atomic mass is 9.93. The van der Waals surface area contributed by atoms with Crippen molar-refractivity contribution in [2.45, 2.75) is 32.4 Å². The molecule has 1 rings (SSSR count). The minimum atomic E-state index is -0.117. The van der Waals surface area contributed by atoms with E-state index in [-0.39, 0.29) is 6.10 Å². The summed E-state index contributed by atoms with van der Waals surface area (Å²) in [7, 11) is 2.07. The molecule has 1 heterocycles. The van der Waals surface area contributed by atoms with E-state index in [1.54, 1.807) is 0 Å². The van der Waals surface area contributed by atoms with Gasteiger partial charge >= 0.3 is 0 Å². The van der Waals surface area contributed by atoms with Crippen LogP contribution >= 0.6 is 0 Å². The molecule has 0 saturated carbocycles. The lowest BCUT2D eigenvalue weighted by molar-refractivity contribution is 0.0111. The summed E-state index contributed by atoms with van der Waals surface area (Å²) in [5.41, 5.74) is 0. The largest absolute Gasteiger partial charge is 0.391 e.